The van der Waals surface area contributed by atoms with Gasteiger partial charge in [0.15, 0.2) is 0 Å². The van der Waals surface area contributed by atoms with E-state index in [1.807, 2.05) is 0 Å². The van der Waals surface area contributed by atoms with Crippen molar-refractivity contribution < 1.29 is 9.47 Å². The van der Waals surface area contributed by atoms with Crippen LogP contribution in [-0.2, 0) is 9.47 Å². The van der Waals surface area contributed by atoms with Gasteiger partial charge in [0.1, 0.15) is 0 Å². The molecule has 4 nitrogen and oxygen atoms in total. The number of nitrogens with zero attached hydrogens (tertiary/aromatic N) is 1. The maximum Gasteiger partial charge on any atom is 0.0700 e. The summed E-state index contributed by atoms with van der Waals surface area (Å²) in [4.78, 5) is 2.60. The zero-order chi connectivity index (χ0) is 15.6. The molecular formula is C17H36N2O2. The Bertz CT molecular complexity index is 253. The first kappa shape index (κ1) is 18.9. The van der Waals surface area contributed by atoms with Crippen LogP contribution < -0.4 is 5.73 Å². The summed E-state index contributed by atoms with van der Waals surface area (Å²) in [5.74, 6) is 0.908. The van der Waals surface area contributed by atoms with Crippen LogP contribution in [0.15, 0.2) is 0 Å². The third-order valence-electron chi connectivity index (χ3n) is 5.09. The third kappa shape index (κ3) is 5.85. The number of hydrogen-bond acceptors (Lipinski definition) is 4. The lowest BCUT2D eigenvalue weighted by atomic mass is 9.74. The quantitative estimate of drug-likeness (QED) is 0.596. The highest BCUT2D eigenvalue weighted by molar-refractivity contribution is 4.95. The Balaban J connectivity index is 2.50. The molecule has 0 bridgehead atoms. The van der Waals surface area contributed by atoms with Gasteiger partial charge in [-0.3, -0.25) is 4.90 Å². The summed E-state index contributed by atoms with van der Waals surface area (Å²) in [5, 5.41) is 0. The van der Waals surface area contributed by atoms with E-state index in [1.165, 1.54) is 38.5 Å². The predicted molar refractivity (Wildman–Crippen MR) is 88.6 cm³/mol. The normalized spacial score (nSPS) is 26.4. The van der Waals surface area contributed by atoms with E-state index in [9.17, 15) is 0 Å². The minimum atomic E-state index is 0.215. The fraction of sp³-hybridized carbons (Fsp3) is 1.00. The second-order valence-electron chi connectivity index (χ2n) is 6.37. The van der Waals surface area contributed by atoms with Crippen LogP contribution in [0.2, 0.25) is 0 Å². The van der Waals surface area contributed by atoms with Crippen LogP contribution in [0, 0.1) is 5.92 Å². The molecule has 0 atom stereocenters. The lowest BCUT2D eigenvalue weighted by Crippen LogP contribution is -2.56. The van der Waals surface area contributed by atoms with Gasteiger partial charge < -0.3 is 15.2 Å². The van der Waals surface area contributed by atoms with E-state index in [1.54, 1.807) is 7.11 Å². The second-order valence-corrected chi connectivity index (χ2v) is 6.37. The molecule has 0 aliphatic heterocycles. The highest BCUT2D eigenvalue weighted by Crippen LogP contribution is 2.37. The molecule has 1 fully saturated rings. The molecule has 0 aromatic heterocycles. The second kappa shape index (κ2) is 10.5. The Morgan fingerprint density at radius 3 is 2.33 bits per heavy atom. The van der Waals surface area contributed by atoms with Crippen molar-refractivity contribution in [3.05, 3.63) is 0 Å². The molecule has 0 spiro atoms. The molecule has 0 radical (unpaired) electrons. The lowest BCUT2D eigenvalue weighted by molar-refractivity contribution is 0.00463. The van der Waals surface area contributed by atoms with Crippen molar-refractivity contribution in [1.29, 1.82) is 0 Å². The fourth-order valence-electron chi connectivity index (χ4n) is 3.55. The van der Waals surface area contributed by atoms with Crippen LogP contribution in [0.1, 0.15) is 52.4 Å². The van der Waals surface area contributed by atoms with E-state index in [0.717, 1.165) is 32.2 Å². The van der Waals surface area contributed by atoms with Crippen molar-refractivity contribution in [2.75, 3.05) is 46.6 Å². The summed E-state index contributed by atoms with van der Waals surface area (Å²) in [7, 11) is 1.71. The monoisotopic (exact) mass is 300 g/mol. The van der Waals surface area contributed by atoms with Gasteiger partial charge in [-0.15, -0.1) is 0 Å². The van der Waals surface area contributed by atoms with Gasteiger partial charge in [-0.25, -0.2) is 0 Å². The molecule has 1 saturated carbocycles. The minimum absolute atomic E-state index is 0.215. The molecular weight excluding hydrogens is 264 g/mol. The predicted octanol–water partition coefficient (Wildman–Crippen LogP) is 2.66. The molecule has 1 rings (SSSR count). The lowest BCUT2D eigenvalue weighted by Gasteiger charge is -2.47. The Morgan fingerprint density at radius 2 is 1.81 bits per heavy atom. The molecule has 0 amide bonds. The van der Waals surface area contributed by atoms with Gasteiger partial charge in [-0.2, -0.15) is 0 Å². The standard InChI is InChI=1S/C17H36N2O2/c1-4-10-19(11-12-21-14-13-20-3)17(15-18)8-6-16(5-2)7-9-17/h16H,4-15,18H2,1-3H3. The number of rotatable bonds is 11. The molecule has 1 aliphatic carbocycles. The maximum atomic E-state index is 6.21. The van der Waals surface area contributed by atoms with Crippen LogP contribution in [-0.4, -0.2) is 57.0 Å². The Kier molecular flexibility index (Phi) is 9.49. The van der Waals surface area contributed by atoms with Gasteiger partial charge in [0, 0.05) is 25.7 Å². The van der Waals surface area contributed by atoms with Gasteiger partial charge in [-0.05, 0) is 44.6 Å². The molecule has 0 saturated heterocycles. The fourth-order valence-corrected chi connectivity index (χ4v) is 3.55. The topological polar surface area (TPSA) is 47.7 Å². The summed E-state index contributed by atoms with van der Waals surface area (Å²) in [5.41, 5.74) is 6.42. The van der Waals surface area contributed by atoms with Gasteiger partial charge in [0.25, 0.3) is 0 Å². The first-order valence-electron chi connectivity index (χ1n) is 8.74. The van der Waals surface area contributed by atoms with E-state index in [2.05, 4.69) is 18.7 Å². The Hall–Kier alpha value is -0.160. The van der Waals surface area contributed by atoms with E-state index in [0.29, 0.717) is 13.2 Å². The van der Waals surface area contributed by atoms with E-state index < -0.39 is 0 Å². The number of methoxy groups -OCH3 is 1. The van der Waals surface area contributed by atoms with Crippen LogP contribution in [0.4, 0.5) is 0 Å². The van der Waals surface area contributed by atoms with E-state index in [4.69, 9.17) is 15.2 Å². The molecule has 2 N–H and O–H groups in total. The first-order valence-corrected chi connectivity index (χ1v) is 8.74. The zero-order valence-electron chi connectivity index (χ0n) is 14.4. The smallest absolute Gasteiger partial charge is 0.0700 e. The summed E-state index contributed by atoms with van der Waals surface area (Å²) in [6, 6.07) is 0. The summed E-state index contributed by atoms with van der Waals surface area (Å²) < 4.78 is 10.7. The third-order valence-corrected chi connectivity index (χ3v) is 5.09. The average molecular weight is 300 g/mol. The molecule has 126 valence electrons. The highest BCUT2D eigenvalue weighted by atomic mass is 16.5. The number of ether oxygens (including phenoxy) is 2. The van der Waals surface area contributed by atoms with Gasteiger partial charge in [0.2, 0.25) is 0 Å². The largest absolute Gasteiger partial charge is 0.382 e. The molecule has 0 aromatic carbocycles. The molecule has 21 heavy (non-hydrogen) atoms. The van der Waals surface area contributed by atoms with Crippen LogP contribution >= 0.6 is 0 Å². The Morgan fingerprint density at radius 1 is 1.10 bits per heavy atom. The van der Waals surface area contributed by atoms with Crippen LogP contribution in [0.5, 0.6) is 0 Å². The van der Waals surface area contributed by atoms with Crippen LogP contribution in [0.25, 0.3) is 0 Å². The Labute approximate surface area is 131 Å². The summed E-state index contributed by atoms with van der Waals surface area (Å²) in [6.45, 7) is 9.60. The maximum absolute atomic E-state index is 6.21. The highest BCUT2D eigenvalue weighted by Gasteiger charge is 2.38. The number of nitrogens with two attached hydrogens (primary N) is 1. The molecule has 1 aliphatic rings. The van der Waals surface area contributed by atoms with Gasteiger partial charge >= 0.3 is 0 Å². The summed E-state index contributed by atoms with van der Waals surface area (Å²) >= 11 is 0. The van der Waals surface area contributed by atoms with Crippen molar-refractivity contribution in [2.24, 2.45) is 11.7 Å². The van der Waals surface area contributed by atoms with Gasteiger partial charge in [0.05, 0.1) is 19.8 Å². The van der Waals surface area contributed by atoms with Crippen molar-refractivity contribution >= 4 is 0 Å². The SMILES string of the molecule is CCCN(CCOCCOC)C1(CN)CCC(CC)CC1. The molecule has 0 heterocycles. The van der Waals surface area contributed by atoms with Crippen molar-refractivity contribution in [1.82, 2.24) is 4.90 Å². The van der Waals surface area contributed by atoms with E-state index in [-0.39, 0.29) is 5.54 Å². The van der Waals surface area contributed by atoms with Crippen molar-refractivity contribution in [3.8, 4) is 0 Å². The van der Waals surface area contributed by atoms with E-state index >= 15 is 0 Å². The number of hydrogen-bond donors (Lipinski definition) is 1. The van der Waals surface area contributed by atoms with Crippen molar-refractivity contribution in [3.63, 3.8) is 0 Å². The van der Waals surface area contributed by atoms with Crippen LogP contribution in [0.3, 0.4) is 0 Å². The molecule has 4 heteroatoms. The first-order chi connectivity index (χ1) is 10.2. The minimum Gasteiger partial charge on any atom is -0.382 e. The molecule has 0 aromatic rings. The molecule has 0 unspecified atom stereocenters. The van der Waals surface area contributed by atoms with Crippen molar-refractivity contribution in [2.45, 2.75) is 57.9 Å². The van der Waals surface area contributed by atoms with Gasteiger partial charge in [-0.1, -0.05) is 20.3 Å². The summed E-state index contributed by atoms with van der Waals surface area (Å²) in [6.07, 6.45) is 7.66. The zero-order valence-corrected chi connectivity index (χ0v) is 14.4. The average Bonchev–Trinajstić information content (AvgIpc) is 2.53.